The number of esters is 1. The van der Waals surface area contributed by atoms with Crippen LogP contribution in [0.2, 0.25) is 0 Å². The van der Waals surface area contributed by atoms with E-state index in [1.165, 1.54) is 0 Å². The van der Waals surface area contributed by atoms with Gasteiger partial charge in [-0.25, -0.2) is 4.79 Å². The minimum atomic E-state index is -0.588. The number of hydrogen-bond acceptors (Lipinski definition) is 4. The van der Waals surface area contributed by atoms with Crippen molar-refractivity contribution in [2.75, 3.05) is 18.5 Å². The molecular formula is C19H21NO4. The number of rotatable bonds is 6. The molecule has 24 heavy (non-hydrogen) atoms. The van der Waals surface area contributed by atoms with Gasteiger partial charge in [-0.3, -0.25) is 4.79 Å². The van der Waals surface area contributed by atoms with Crippen molar-refractivity contribution in [2.24, 2.45) is 0 Å². The van der Waals surface area contributed by atoms with Crippen molar-refractivity contribution >= 4 is 17.6 Å². The van der Waals surface area contributed by atoms with Gasteiger partial charge in [-0.05, 0) is 50.1 Å². The maximum Gasteiger partial charge on any atom is 0.344 e. The zero-order valence-electron chi connectivity index (χ0n) is 14.1. The Morgan fingerprint density at radius 2 is 1.58 bits per heavy atom. The van der Waals surface area contributed by atoms with Gasteiger partial charge in [0.2, 0.25) is 0 Å². The molecule has 2 rings (SSSR count). The summed E-state index contributed by atoms with van der Waals surface area (Å²) in [5.74, 6) is -0.343. The highest BCUT2D eigenvalue weighted by molar-refractivity contribution is 5.92. The Bertz CT molecular complexity index is 723. The zero-order valence-corrected chi connectivity index (χ0v) is 14.1. The molecule has 0 atom stereocenters. The SMILES string of the molecule is Cc1ccc(NC(=O)COC(=O)COc2cc(C)ccc2C)cc1. The second-order valence-corrected chi connectivity index (χ2v) is 5.63. The van der Waals surface area contributed by atoms with Crippen LogP contribution >= 0.6 is 0 Å². The molecule has 1 amide bonds. The fourth-order valence-electron chi connectivity index (χ4n) is 2.02. The monoisotopic (exact) mass is 327 g/mol. The van der Waals surface area contributed by atoms with Gasteiger partial charge < -0.3 is 14.8 Å². The fourth-order valence-corrected chi connectivity index (χ4v) is 2.02. The molecule has 0 aliphatic rings. The summed E-state index contributed by atoms with van der Waals surface area (Å²) in [7, 11) is 0. The van der Waals surface area contributed by atoms with E-state index in [0.29, 0.717) is 11.4 Å². The van der Waals surface area contributed by atoms with Gasteiger partial charge in [-0.2, -0.15) is 0 Å². The first kappa shape index (κ1) is 17.5. The van der Waals surface area contributed by atoms with Crippen LogP contribution in [0.5, 0.6) is 5.75 Å². The maximum absolute atomic E-state index is 11.7. The van der Waals surface area contributed by atoms with Crippen molar-refractivity contribution < 1.29 is 19.1 Å². The summed E-state index contributed by atoms with van der Waals surface area (Å²) in [4.78, 5) is 23.4. The number of hydrogen-bond donors (Lipinski definition) is 1. The minimum Gasteiger partial charge on any atom is -0.482 e. The van der Waals surface area contributed by atoms with Gasteiger partial charge in [-0.1, -0.05) is 29.8 Å². The van der Waals surface area contributed by atoms with E-state index in [0.717, 1.165) is 16.7 Å². The quantitative estimate of drug-likeness (QED) is 0.828. The second kappa shape index (κ2) is 8.15. The molecule has 5 nitrogen and oxygen atoms in total. The van der Waals surface area contributed by atoms with Crippen molar-refractivity contribution in [3.63, 3.8) is 0 Å². The molecule has 5 heteroatoms. The van der Waals surface area contributed by atoms with Crippen molar-refractivity contribution in [2.45, 2.75) is 20.8 Å². The molecule has 0 aromatic heterocycles. The van der Waals surface area contributed by atoms with E-state index in [4.69, 9.17) is 9.47 Å². The van der Waals surface area contributed by atoms with Crippen LogP contribution in [0.3, 0.4) is 0 Å². The van der Waals surface area contributed by atoms with Crippen molar-refractivity contribution in [3.05, 3.63) is 59.2 Å². The third kappa shape index (κ3) is 5.43. The normalized spacial score (nSPS) is 10.1. The van der Waals surface area contributed by atoms with Gasteiger partial charge in [0.1, 0.15) is 5.75 Å². The standard InChI is InChI=1S/C19H21NO4/c1-13-5-8-16(9-6-13)20-18(21)11-24-19(22)12-23-17-10-14(2)4-7-15(17)3/h4-10H,11-12H2,1-3H3,(H,20,21). The first-order valence-corrected chi connectivity index (χ1v) is 7.66. The maximum atomic E-state index is 11.7. The molecule has 2 aromatic rings. The van der Waals surface area contributed by atoms with Crippen LogP contribution in [-0.2, 0) is 14.3 Å². The Hall–Kier alpha value is -2.82. The number of ether oxygens (including phenoxy) is 2. The third-order valence-electron chi connectivity index (χ3n) is 3.39. The highest BCUT2D eigenvalue weighted by atomic mass is 16.6. The van der Waals surface area contributed by atoms with Crippen molar-refractivity contribution in [1.82, 2.24) is 0 Å². The number of amides is 1. The molecule has 0 bridgehead atoms. The summed E-state index contributed by atoms with van der Waals surface area (Å²) in [5, 5.41) is 2.66. The molecule has 126 valence electrons. The fraction of sp³-hybridized carbons (Fsp3) is 0.263. The van der Waals surface area contributed by atoms with Crippen LogP contribution in [0.15, 0.2) is 42.5 Å². The smallest absolute Gasteiger partial charge is 0.344 e. The number of carbonyl (C=O) groups is 2. The number of aryl methyl sites for hydroxylation is 3. The lowest BCUT2D eigenvalue weighted by molar-refractivity contribution is -0.149. The Morgan fingerprint density at radius 3 is 2.29 bits per heavy atom. The summed E-state index contributed by atoms with van der Waals surface area (Å²) >= 11 is 0. The van der Waals surface area contributed by atoms with Crippen LogP contribution in [-0.4, -0.2) is 25.1 Å². The van der Waals surface area contributed by atoms with Gasteiger partial charge in [0.25, 0.3) is 5.91 Å². The van der Waals surface area contributed by atoms with E-state index in [1.807, 2.05) is 51.1 Å². The lowest BCUT2D eigenvalue weighted by atomic mass is 10.1. The van der Waals surface area contributed by atoms with Crippen LogP contribution in [0.25, 0.3) is 0 Å². The topological polar surface area (TPSA) is 64.6 Å². The van der Waals surface area contributed by atoms with Crippen LogP contribution in [0.1, 0.15) is 16.7 Å². The van der Waals surface area contributed by atoms with Crippen LogP contribution in [0, 0.1) is 20.8 Å². The average Bonchev–Trinajstić information content (AvgIpc) is 2.56. The number of benzene rings is 2. The highest BCUT2D eigenvalue weighted by Crippen LogP contribution is 2.18. The highest BCUT2D eigenvalue weighted by Gasteiger charge is 2.10. The Morgan fingerprint density at radius 1 is 0.917 bits per heavy atom. The van der Waals surface area contributed by atoms with Gasteiger partial charge in [0.15, 0.2) is 13.2 Å². The molecule has 2 aromatic carbocycles. The molecule has 0 radical (unpaired) electrons. The summed E-state index contributed by atoms with van der Waals surface area (Å²) in [6.45, 7) is 5.23. The lowest BCUT2D eigenvalue weighted by Crippen LogP contribution is -2.23. The molecule has 0 saturated carbocycles. The predicted octanol–water partition coefficient (Wildman–Crippen LogP) is 3.17. The molecule has 0 saturated heterocycles. The van der Waals surface area contributed by atoms with E-state index >= 15 is 0 Å². The van der Waals surface area contributed by atoms with Gasteiger partial charge in [0, 0.05) is 5.69 Å². The van der Waals surface area contributed by atoms with Gasteiger partial charge >= 0.3 is 5.97 Å². The summed E-state index contributed by atoms with van der Waals surface area (Å²) in [5.41, 5.74) is 3.74. The van der Waals surface area contributed by atoms with Crippen molar-refractivity contribution in [3.8, 4) is 5.75 Å². The lowest BCUT2D eigenvalue weighted by Gasteiger charge is -2.10. The summed E-state index contributed by atoms with van der Waals surface area (Å²) in [6.07, 6.45) is 0. The molecule has 0 heterocycles. The second-order valence-electron chi connectivity index (χ2n) is 5.63. The molecular weight excluding hydrogens is 306 g/mol. The molecule has 0 spiro atoms. The van der Waals surface area contributed by atoms with Gasteiger partial charge in [-0.15, -0.1) is 0 Å². The minimum absolute atomic E-state index is 0.234. The summed E-state index contributed by atoms with van der Waals surface area (Å²) in [6, 6.07) is 13.1. The van der Waals surface area contributed by atoms with Crippen LogP contribution < -0.4 is 10.1 Å². The first-order chi connectivity index (χ1) is 11.4. The Labute approximate surface area is 141 Å². The molecule has 0 fully saturated rings. The Balaban J connectivity index is 1.75. The molecule has 0 aliphatic heterocycles. The van der Waals surface area contributed by atoms with E-state index in [2.05, 4.69) is 5.32 Å². The van der Waals surface area contributed by atoms with E-state index in [-0.39, 0.29) is 19.1 Å². The van der Waals surface area contributed by atoms with Crippen LogP contribution in [0.4, 0.5) is 5.69 Å². The number of anilines is 1. The largest absolute Gasteiger partial charge is 0.482 e. The number of carbonyl (C=O) groups excluding carboxylic acids is 2. The summed E-state index contributed by atoms with van der Waals surface area (Å²) < 4.78 is 10.4. The number of nitrogens with one attached hydrogen (secondary N) is 1. The first-order valence-electron chi connectivity index (χ1n) is 7.66. The van der Waals surface area contributed by atoms with E-state index < -0.39 is 5.97 Å². The molecule has 0 aliphatic carbocycles. The molecule has 1 N–H and O–H groups in total. The average molecular weight is 327 g/mol. The Kier molecular flexibility index (Phi) is 5.95. The van der Waals surface area contributed by atoms with E-state index in [9.17, 15) is 9.59 Å². The van der Waals surface area contributed by atoms with Gasteiger partial charge in [0.05, 0.1) is 0 Å². The molecule has 0 unspecified atom stereocenters. The predicted molar refractivity (Wildman–Crippen MR) is 92.2 cm³/mol. The third-order valence-corrected chi connectivity index (χ3v) is 3.39. The van der Waals surface area contributed by atoms with E-state index in [1.54, 1.807) is 12.1 Å². The zero-order chi connectivity index (χ0) is 17.5. The van der Waals surface area contributed by atoms with Crippen molar-refractivity contribution in [1.29, 1.82) is 0 Å².